The zero-order valence-electron chi connectivity index (χ0n) is 9.43. The highest BCUT2D eigenvalue weighted by atomic mass is 16.4. The maximum Gasteiger partial charge on any atom is 0.270 e. The molecule has 1 aromatic carbocycles. The highest BCUT2D eigenvalue weighted by Crippen LogP contribution is 2.28. The van der Waals surface area contributed by atoms with Crippen molar-refractivity contribution in [2.24, 2.45) is 5.92 Å². The minimum atomic E-state index is -1.44. The average Bonchev–Trinajstić information content (AvgIpc) is 3.19. The molecule has 0 heterocycles. The number of carbonyl (C=O) groups excluding carboxylic acids is 3. The third kappa shape index (κ3) is 2.65. The minimum absolute atomic E-state index is 0.0401. The molecule has 2 rings (SSSR count). The Morgan fingerprint density at radius 1 is 1.06 bits per heavy atom. The van der Waals surface area contributed by atoms with Crippen LogP contribution in [-0.4, -0.2) is 17.8 Å². The summed E-state index contributed by atoms with van der Waals surface area (Å²) in [5.41, 5.74) is 4.18. The zero-order chi connectivity index (χ0) is 13.1. The van der Waals surface area contributed by atoms with Gasteiger partial charge < -0.3 is 9.90 Å². The molecular formula is C12H11N2O4-. The van der Waals surface area contributed by atoms with Crippen molar-refractivity contribution in [2.75, 3.05) is 0 Å². The Labute approximate surface area is 103 Å². The lowest BCUT2D eigenvalue weighted by atomic mass is 10.1. The van der Waals surface area contributed by atoms with E-state index >= 15 is 0 Å². The normalized spacial score (nSPS) is 13.8. The lowest BCUT2D eigenvalue weighted by Gasteiger charge is -2.11. The highest BCUT2D eigenvalue weighted by molar-refractivity contribution is 6.04. The summed E-state index contributed by atoms with van der Waals surface area (Å²) >= 11 is 0. The van der Waals surface area contributed by atoms with Crippen LogP contribution >= 0.6 is 0 Å². The molecule has 2 N–H and O–H groups in total. The van der Waals surface area contributed by atoms with Crippen molar-refractivity contribution in [2.45, 2.75) is 12.8 Å². The summed E-state index contributed by atoms with van der Waals surface area (Å²) in [7, 11) is 0. The molecule has 18 heavy (non-hydrogen) atoms. The standard InChI is InChI=1S/C12H12N2O4/c15-10(7-5-6-7)13-14-11(16)8-3-1-2-4-9(8)12(17)18/h1-4,7H,5-6H2,(H,13,15)(H,14,16)(H,17,18)/p-1. The number of aromatic carboxylic acids is 1. The maximum absolute atomic E-state index is 11.7. The van der Waals surface area contributed by atoms with Gasteiger partial charge in [0.25, 0.3) is 5.91 Å². The highest BCUT2D eigenvalue weighted by Gasteiger charge is 2.29. The number of carboxylic acids is 1. The van der Waals surface area contributed by atoms with Crippen molar-refractivity contribution in [1.82, 2.24) is 10.9 Å². The van der Waals surface area contributed by atoms with Crippen molar-refractivity contribution in [3.05, 3.63) is 35.4 Å². The molecule has 6 nitrogen and oxygen atoms in total. The predicted molar refractivity (Wildman–Crippen MR) is 59.1 cm³/mol. The van der Waals surface area contributed by atoms with Crippen LogP contribution in [0.4, 0.5) is 0 Å². The summed E-state index contributed by atoms with van der Waals surface area (Å²) in [6.45, 7) is 0. The van der Waals surface area contributed by atoms with E-state index in [0.717, 1.165) is 12.8 Å². The van der Waals surface area contributed by atoms with Crippen molar-refractivity contribution in [3.63, 3.8) is 0 Å². The van der Waals surface area contributed by atoms with Gasteiger partial charge in [-0.25, -0.2) is 0 Å². The first-order valence-electron chi connectivity index (χ1n) is 5.50. The summed E-state index contributed by atoms with van der Waals surface area (Å²) in [6, 6.07) is 5.64. The van der Waals surface area contributed by atoms with Gasteiger partial charge in [-0.15, -0.1) is 0 Å². The number of hydrazine groups is 1. The van der Waals surface area contributed by atoms with Gasteiger partial charge in [-0.1, -0.05) is 18.2 Å². The van der Waals surface area contributed by atoms with Gasteiger partial charge in [0.05, 0.1) is 11.5 Å². The van der Waals surface area contributed by atoms with Crippen LogP contribution in [0, 0.1) is 5.92 Å². The molecule has 1 aromatic rings. The Morgan fingerprint density at radius 2 is 1.67 bits per heavy atom. The SMILES string of the molecule is O=C([O-])c1ccccc1C(=O)NNC(=O)C1CC1. The number of amides is 2. The second-order valence-electron chi connectivity index (χ2n) is 4.05. The molecule has 1 aliphatic carbocycles. The Bertz CT molecular complexity index is 509. The molecule has 1 fully saturated rings. The van der Waals surface area contributed by atoms with E-state index in [1.54, 1.807) is 0 Å². The van der Waals surface area contributed by atoms with Gasteiger partial charge >= 0.3 is 0 Å². The van der Waals surface area contributed by atoms with Crippen LogP contribution in [0.2, 0.25) is 0 Å². The molecule has 0 atom stereocenters. The number of hydrogen-bond donors (Lipinski definition) is 2. The van der Waals surface area contributed by atoms with Crippen molar-refractivity contribution in [1.29, 1.82) is 0 Å². The maximum atomic E-state index is 11.7. The number of carboxylic acid groups (broad SMARTS) is 1. The molecule has 0 saturated heterocycles. The van der Waals surface area contributed by atoms with Gasteiger partial charge in [-0.2, -0.15) is 0 Å². The van der Waals surface area contributed by atoms with Gasteiger partial charge in [0.1, 0.15) is 0 Å². The molecule has 0 radical (unpaired) electrons. The predicted octanol–water partition coefficient (Wildman–Crippen LogP) is -0.779. The van der Waals surface area contributed by atoms with E-state index in [0.29, 0.717) is 0 Å². The second-order valence-corrected chi connectivity index (χ2v) is 4.05. The summed E-state index contributed by atoms with van der Waals surface area (Å²) in [4.78, 5) is 33.8. The number of benzene rings is 1. The van der Waals surface area contributed by atoms with E-state index in [4.69, 9.17) is 0 Å². The van der Waals surface area contributed by atoms with Gasteiger partial charge in [-0.3, -0.25) is 20.4 Å². The fourth-order valence-electron chi connectivity index (χ4n) is 1.49. The molecule has 0 aliphatic heterocycles. The van der Waals surface area contributed by atoms with E-state index < -0.39 is 11.9 Å². The van der Waals surface area contributed by atoms with Crippen LogP contribution in [0.1, 0.15) is 33.6 Å². The molecule has 94 valence electrons. The van der Waals surface area contributed by atoms with E-state index in [1.165, 1.54) is 24.3 Å². The summed E-state index contributed by atoms with van der Waals surface area (Å²) in [6.07, 6.45) is 1.63. The molecule has 1 saturated carbocycles. The van der Waals surface area contributed by atoms with E-state index in [9.17, 15) is 19.5 Å². The van der Waals surface area contributed by atoms with Crippen LogP contribution in [-0.2, 0) is 4.79 Å². The topological polar surface area (TPSA) is 98.3 Å². The molecule has 0 aromatic heterocycles. The molecule has 0 spiro atoms. The Balaban J connectivity index is 2.03. The molecule has 6 heteroatoms. The fraction of sp³-hybridized carbons (Fsp3) is 0.250. The molecule has 2 amide bonds. The van der Waals surface area contributed by atoms with E-state index in [-0.39, 0.29) is 23.0 Å². The van der Waals surface area contributed by atoms with Crippen LogP contribution < -0.4 is 16.0 Å². The van der Waals surface area contributed by atoms with Crippen molar-refractivity contribution in [3.8, 4) is 0 Å². The first-order chi connectivity index (χ1) is 8.59. The first kappa shape index (κ1) is 12.1. The van der Waals surface area contributed by atoms with E-state index in [2.05, 4.69) is 10.9 Å². The van der Waals surface area contributed by atoms with Crippen LogP contribution in [0.3, 0.4) is 0 Å². The minimum Gasteiger partial charge on any atom is -0.545 e. The molecule has 1 aliphatic rings. The Hall–Kier alpha value is -2.37. The van der Waals surface area contributed by atoms with Gasteiger partial charge in [-0.05, 0) is 18.9 Å². The summed E-state index contributed by atoms with van der Waals surface area (Å²) < 4.78 is 0. The number of hydrogen-bond acceptors (Lipinski definition) is 4. The summed E-state index contributed by atoms with van der Waals surface area (Å²) in [5, 5.41) is 10.8. The smallest absolute Gasteiger partial charge is 0.270 e. The largest absolute Gasteiger partial charge is 0.545 e. The lowest BCUT2D eigenvalue weighted by Crippen LogP contribution is -2.43. The Morgan fingerprint density at radius 3 is 2.22 bits per heavy atom. The average molecular weight is 247 g/mol. The second kappa shape index (κ2) is 4.87. The van der Waals surface area contributed by atoms with Gasteiger partial charge in [0.2, 0.25) is 5.91 Å². The van der Waals surface area contributed by atoms with Crippen molar-refractivity contribution >= 4 is 17.8 Å². The van der Waals surface area contributed by atoms with Crippen LogP contribution in [0.5, 0.6) is 0 Å². The molecule has 0 bridgehead atoms. The zero-order valence-corrected chi connectivity index (χ0v) is 9.43. The van der Waals surface area contributed by atoms with Gasteiger partial charge in [0.15, 0.2) is 0 Å². The molecule has 0 unspecified atom stereocenters. The number of carbonyl (C=O) groups is 3. The first-order valence-corrected chi connectivity index (χ1v) is 5.50. The van der Waals surface area contributed by atoms with Gasteiger partial charge in [0, 0.05) is 11.5 Å². The third-order valence-electron chi connectivity index (χ3n) is 2.64. The van der Waals surface area contributed by atoms with E-state index in [1.807, 2.05) is 0 Å². The summed E-state index contributed by atoms with van der Waals surface area (Å²) in [5.74, 6) is -2.41. The monoisotopic (exact) mass is 247 g/mol. The lowest BCUT2D eigenvalue weighted by molar-refractivity contribution is -0.255. The quantitative estimate of drug-likeness (QED) is 0.684. The Kier molecular flexibility index (Phi) is 3.27. The van der Waals surface area contributed by atoms with Crippen LogP contribution in [0.25, 0.3) is 0 Å². The van der Waals surface area contributed by atoms with Crippen molar-refractivity contribution < 1.29 is 19.5 Å². The van der Waals surface area contributed by atoms with Crippen LogP contribution in [0.15, 0.2) is 24.3 Å². The molecular weight excluding hydrogens is 236 g/mol. The fourth-order valence-corrected chi connectivity index (χ4v) is 1.49. The number of nitrogens with one attached hydrogen (secondary N) is 2. The third-order valence-corrected chi connectivity index (χ3v) is 2.64. The number of rotatable bonds is 3.